The largest absolute Gasteiger partial charge is 1.00 e. The minimum atomic E-state index is -0.969. The van der Waals surface area contributed by atoms with E-state index in [1.165, 1.54) is 16.9 Å². The number of benzene rings is 2. The molecule has 214 valence electrons. The number of thioether (sulfide) groups is 1. The first-order valence-electron chi connectivity index (χ1n) is 13.7. The number of thiophene rings is 1. The summed E-state index contributed by atoms with van der Waals surface area (Å²) in [5, 5.41) is 22.7. The van der Waals surface area contributed by atoms with Crippen molar-refractivity contribution in [2.75, 3.05) is 5.75 Å². The predicted octanol–water partition coefficient (Wildman–Crippen LogP) is 5.33. The Kier molecular flexibility index (Phi) is 11.3. The molecule has 4 nitrogen and oxygen atoms in total. The number of aryl methyl sites for hydroxylation is 1. The topological polar surface area (TPSA) is 73.2 Å². The molecule has 0 aliphatic heterocycles. The van der Waals surface area contributed by atoms with Gasteiger partial charge in [-0.05, 0) is 97.6 Å². The van der Waals surface area contributed by atoms with Crippen LogP contribution in [-0.4, -0.2) is 21.8 Å². The van der Waals surface area contributed by atoms with Crippen molar-refractivity contribution < 1.29 is 44.6 Å². The van der Waals surface area contributed by atoms with E-state index in [0.717, 1.165) is 58.5 Å². The fourth-order valence-corrected chi connectivity index (χ4v) is 8.16. The minimum absolute atomic E-state index is 0. The number of fused-ring (bicyclic) bond motifs is 1. The van der Waals surface area contributed by atoms with E-state index in [0.29, 0.717) is 14.9 Å². The van der Waals surface area contributed by atoms with Crippen LogP contribution in [-0.2, 0) is 16.8 Å². The molecule has 0 bridgehead atoms. The maximum atomic E-state index is 11.4. The zero-order chi connectivity index (χ0) is 29.2. The summed E-state index contributed by atoms with van der Waals surface area (Å²) < 4.78 is 1.50. The number of rotatable bonds is 12. The second-order valence-corrected chi connectivity index (χ2v) is 14.6. The van der Waals surface area contributed by atoms with Crippen molar-refractivity contribution >= 4 is 74.6 Å². The van der Waals surface area contributed by atoms with Crippen LogP contribution in [0.4, 0.5) is 0 Å². The van der Waals surface area contributed by atoms with Gasteiger partial charge in [0.2, 0.25) is 0 Å². The molecular weight excluding hydrogens is 616 g/mol. The van der Waals surface area contributed by atoms with E-state index in [1.807, 2.05) is 68.1 Å². The summed E-state index contributed by atoms with van der Waals surface area (Å²) >= 11 is 15.8. The first kappa shape index (κ1) is 33.5. The fourth-order valence-electron chi connectivity index (χ4n) is 5.17. The average molecular weight is 649 g/mol. The quantitative estimate of drug-likeness (QED) is 0.210. The first-order valence-corrected chi connectivity index (χ1v) is 16.3. The molecule has 0 radical (unpaired) electrons. The Morgan fingerprint density at radius 3 is 2.62 bits per heavy atom. The van der Waals surface area contributed by atoms with E-state index in [2.05, 4.69) is 35.3 Å². The smallest absolute Gasteiger partial charge is 0.550 e. The van der Waals surface area contributed by atoms with Gasteiger partial charge < -0.3 is 15.0 Å². The van der Waals surface area contributed by atoms with E-state index in [9.17, 15) is 15.0 Å². The molecule has 1 fully saturated rings. The zero-order valence-corrected chi connectivity index (χ0v) is 29.2. The molecule has 0 amide bonds. The van der Waals surface area contributed by atoms with Crippen molar-refractivity contribution in [3.05, 3.63) is 98.0 Å². The standard InChI is InChI=1S/C33H33Cl2NO3S2.Na/c1-32(2,39)25-9-4-3-7-22(25)11-14-26(40-20-33(16-17-33)19-28(37)38)23-8-5-6-21(18-23)10-12-24-13-15-27-30(36-24)29(34)31(35)41-27;/h3-10,12-13,15,18,26,39H,11,14,16-17,19-20H2,1-2H3,(H,37,38);/q;+1/p-1/b12-10+;/t26-;/m1./s1. The minimum Gasteiger partial charge on any atom is -0.550 e. The molecule has 0 saturated heterocycles. The third-order valence-electron chi connectivity index (χ3n) is 7.61. The molecule has 0 spiro atoms. The number of carbonyl (C=O) groups is 1. The SMILES string of the molecule is CC(C)(O)c1ccccc1CC[C@@H](SCC1(CC(=O)[O-])CC1)c1cccc(/C=C/c2ccc3sc(Cl)c(Cl)c3n2)c1.[Na+]. The number of carboxylic acids is 1. The normalized spacial score (nSPS) is 15.1. The Balaban J connectivity index is 0.00000405. The molecular formula is C33H32Cl2NNaO3S2. The van der Waals surface area contributed by atoms with E-state index in [1.54, 1.807) is 0 Å². The van der Waals surface area contributed by atoms with Gasteiger partial charge in [0.15, 0.2) is 0 Å². The van der Waals surface area contributed by atoms with Crippen molar-refractivity contribution in [1.29, 1.82) is 0 Å². The van der Waals surface area contributed by atoms with E-state index >= 15 is 0 Å². The van der Waals surface area contributed by atoms with Crippen molar-refractivity contribution in [3.63, 3.8) is 0 Å². The van der Waals surface area contributed by atoms with E-state index < -0.39 is 11.6 Å². The number of halogens is 2. The number of aliphatic hydroxyl groups is 1. The summed E-state index contributed by atoms with van der Waals surface area (Å²) in [4.78, 5) is 16.0. The van der Waals surface area contributed by atoms with Gasteiger partial charge in [-0.3, -0.25) is 0 Å². The van der Waals surface area contributed by atoms with Crippen molar-refractivity contribution in [2.24, 2.45) is 5.41 Å². The molecule has 42 heavy (non-hydrogen) atoms. The number of hydrogen-bond acceptors (Lipinski definition) is 6. The number of pyridine rings is 1. The third kappa shape index (κ3) is 8.42. The molecule has 1 aliphatic carbocycles. The van der Waals surface area contributed by atoms with Gasteiger partial charge in [0, 0.05) is 11.2 Å². The number of aromatic nitrogens is 1. The average Bonchev–Trinajstić information content (AvgIpc) is 3.63. The number of carbonyl (C=O) groups excluding carboxylic acids is 1. The summed E-state index contributed by atoms with van der Waals surface area (Å²) in [6, 6.07) is 20.5. The summed E-state index contributed by atoms with van der Waals surface area (Å²) in [7, 11) is 0. The molecule has 2 aromatic carbocycles. The van der Waals surface area contributed by atoms with Gasteiger partial charge in [-0.2, -0.15) is 11.8 Å². The van der Waals surface area contributed by atoms with Crippen molar-refractivity contribution in [1.82, 2.24) is 4.98 Å². The number of carboxylic acid groups (broad SMARTS) is 1. The maximum absolute atomic E-state index is 11.4. The van der Waals surface area contributed by atoms with Crippen LogP contribution in [0.2, 0.25) is 9.36 Å². The molecule has 1 aliphatic rings. The van der Waals surface area contributed by atoms with Gasteiger partial charge in [-0.1, -0.05) is 77.8 Å². The van der Waals surface area contributed by atoms with E-state index in [-0.39, 0.29) is 46.6 Å². The molecule has 2 aromatic heterocycles. The Bertz CT molecular complexity index is 1590. The van der Waals surface area contributed by atoms with Crippen molar-refractivity contribution in [3.8, 4) is 0 Å². The van der Waals surface area contributed by atoms with Crippen molar-refractivity contribution in [2.45, 2.75) is 56.8 Å². The molecule has 1 atom stereocenters. The molecule has 2 heterocycles. The monoisotopic (exact) mass is 647 g/mol. The van der Waals surface area contributed by atoms with Gasteiger partial charge in [0.1, 0.15) is 9.85 Å². The predicted molar refractivity (Wildman–Crippen MR) is 172 cm³/mol. The van der Waals surface area contributed by atoms with Crippen LogP contribution in [0.15, 0.2) is 60.7 Å². The first-order chi connectivity index (χ1) is 19.5. The van der Waals surface area contributed by atoms with Crippen LogP contribution >= 0.6 is 46.3 Å². The number of aliphatic carboxylic acids is 1. The van der Waals surface area contributed by atoms with Gasteiger partial charge in [-0.25, -0.2) is 4.98 Å². The Labute approximate surface area is 287 Å². The van der Waals surface area contributed by atoms with Gasteiger partial charge in [0.05, 0.1) is 21.0 Å². The summed E-state index contributed by atoms with van der Waals surface area (Å²) in [5.74, 6) is -0.184. The Morgan fingerprint density at radius 1 is 1.14 bits per heavy atom. The van der Waals surface area contributed by atoms with Crippen LogP contribution in [0.1, 0.15) is 72.7 Å². The second kappa shape index (κ2) is 14.2. The number of nitrogens with zero attached hydrogens (tertiary/aromatic N) is 1. The van der Waals surface area contributed by atoms with E-state index in [4.69, 9.17) is 23.2 Å². The molecule has 0 unspecified atom stereocenters. The number of hydrogen-bond donors (Lipinski definition) is 1. The maximum Gasteiger partial charge on any atom is 1.00 e. The summed E-state index contributed by atoms with van der Waals surface area (Å²) in [5.41, 5.74) is 4.75. The van der Waals surface area contributed by atoms with Crippen LogP contribution in [0.25, 0.3) is 22.4 Å². The molecule has 9 heteroatoms. The Morgan fingerprint density at radius 2 is 1.90 bits per heavy atom. The summed E-state index contributed by atoms with van der Waals surface area (Å²) in [6.07, 6.45) is 7.67. The van der Waals surface area contributed by atoms with Crippen LogP contribution in [0, 0.1) is 5.41 Å². The molecule has 1 saturated carbocycles. The zero-order valence-electron chi connectivity index (χ0n) is 24.0. The third-order valence-corrected chi connectivity index (χ3v) is 11.2. The van der Waals surface area contributed by atoms with Gasteiger partial charge in [0.25, 0.3) is 0 Å². The fraction of sp³-hybridized carbons (Fsp3) is 0.333. The molecule has 5 rings (SSSR count). The molecule has 1 N–H and O–H groups in total. The van der Waals surface area contributed by atoms with Gasteiger partial charge in [-0.15, -0.1) is 11.3 Å². The van der Waals surface area contributed by atoms with Crippen LogP contribution in [0.5, 0.6) is 0 Å². The van der Waals surface area contributed by atoms with Crippen LogP contribution < -0.4 is 34.7 Å². The second-order valence-electron chi connectivity index (χ2n) is 11.4. The van der Waals surface area contributed by atoms with Crippen LogP contribution in [0.3, 0.4) is 0 Å². The van der Waals surface area contributed by atoms with Gasteiger partial charge >= 0.3 is 29.6 Å². The summed E-state index contributed by atoms with van der Waals surface area (Å²) in [6.45, 7) is 3.64. The Hall–Kier alpha value is -1.35. The molecule has 4 aromatic rings.